The fourth-order valence-electron chi connectivity index (χ4n) is 0. The maximum absolute atomic E-state index is 9.75. The molecule has 0 unspecified atom stereocenters. The maximum Gasteiger partial charge on any atom is 1.00 e. The second-order valence-corrected chi connectivity index (χ2v) is 0.495. The Morgan fingerprint density at radius 3 is 1.00 bits per heavy atom. The molecule has 1 nitrogen and oxygen atoms in total. The van der Waals surface area contributed by atoms with Crippen LogP contribution in [0.2, 0.25) is 0 Å². The van der Waals surface area contributed by atoms with E-state index in [9.17, 15) is 17.3 Å². The molecule has 0 aliphatic rings. The van der Waals surface area contributed by atoms with Gasteiger partial charge in [-0.1, -0.05) is 0 Å². The van der Waals surface area contributed by atoms with Crippen molar-refractivity contribution in [1.82, 2.24) is 6.15 Å². The molecular weight excluding hydrogens is 140 g/mol. The predicted molar refractivity (Wildman–Crippen MR) is 16.3 cm³/mol. The maximum atomic E-state index is 9.75. The molecule has 0 heterocycles. The van der Waals surface area contributed by atoms with E-state index in [1.54, 1.807) is 0 Å². The summed E-state index contributed by atoms with van der Waals surface area (Å²) in [7, 11) is -6.00. The van der Waals surface area contributed by atoms with Crippen LogP contribution in [0.25, 0.3) is 0 Å². The summed E-state index contributed by atoms with van der Waals surface area (Å²) in [5.74, 6) is 0. The third-order valence-electron chi connectivity index (χ3n) is 0. The minimum atomic E-state index is -6.00. The molecule has 0 aromatic carbocycles. The Labute approximate surface area is 82.4 Å². The van der Waals surface area contributed by atoms with E-state index < -0.39 is 7.25 Å². The minimum Gasteiger partial charge on any atom is -1.00 e. The van der Waals surface area contributed by atoms with E-state index in [-0.39, 0.29) is 59.0 Å². The molecule has 0 fully saturated rings. The van der Waals surface area contributed by atoms with Gasteiger partial charge in [0.2, 0.25) is 0 Å². The van der Waals surface area contributed by atoms with E-state index in [1.165, 1.54) is 0 Å². The molecule has 0 bridgehead atoms. The predicted octanol–water partition coefficient (Wildman–Crippen LogP) is -1.42. The summed E-state index contributed by atoms with van der Waals surface area (Å²) in [6, 6.07) is 0. The first-order valence-electron chi connectivity index (χ1n) is 0.873. The number of hydrogen-bond acceptors (Lipinski definition) is 1. The van der Waals surface area contributed by atoms with Crippen molar-refractivity contribution in [3.8, 4) is 0 Å². The van der Waals surface area contributed by atoms with Gasteiger partial charge in [-0.15, -0.1) is 0 Å². The quantitative estimate of drug-likeness (QED) is 0.328. The first-order valence-corrected chi connectivity index (χ1v) is 0.873. The molecule has 0 spiro atoms. The molecular formula is H4BF4KN-. The zero-order valence-corrected chi connectivity index (χ0v) is 6.92. The summed E-state index contributed by atoms with van der Waals surface area (Å²) in [5, 5.41) is 0. The van der Waals surface area contributed by atoms with Crippen molar-refractivity contribution >= 4 is 7.25 Å². The normalized spacial score (nSPS) is 8.57. The molecule has 7 heavy (non-hydrogen) atoms. The first kappa shape index (κ1) is 15.8. The number of halogens is 4. The van der Waals surface area contributed by atoms with Gasteiger partial charge in [-0.3, -0.25) is 0 Å². The monoisotopic (exact) mass is 144 g/mol. The molecule has 0 rings (SSSR count). The zero-order valence-electron chi connectivity index (χ0n) is 4.80. The van der Waals surface area contributed by atoms with E-state index >= 15 is 0 Å². The van der Waals surface area contributed by atoms with Gasteiger partial charge >= 0.3 is 58.6 Å². The fourth-order valence-corrected chi connectivity index (χ4v) is 0. The van der Waals surface area contributed by atoms with Crippen molar-refractivity contribution in [2.75, 3.05) is 0 Å². The van der Waals surface area contributed by atoms with Crippen molar-refractivity contribution in [3.05, 3.63) is 0 Å². The molecule has 0 radical (unpaired) electrons. The third kappa shape index (κ3) is 112. The molecule has 0 aromatic rings. The summed E-state index contributed by atoms with van der Waals surface area (Å²) in [6.07, 6.45) is 0. The first-order chi connectivity index (χ1) is 2.00. The Balaban J connectivity index is -0.0000000267. The Morgan fingerprint density at radius 2 is 1.00 bits per heavy atom. The summed E-state index contributed by atoms with van der Waals surface area (Å²) in [4.78, 5) is 0. The summed E-state index contributed by atoms with van der Waals surface area (Å²) >= 11 is 0. The van der Waals surface area contributed by atoms with Crippen LogP contribution in [-0.4, -0.2) is 7.25 Å². The number of rotatable bonds is 0. The largest absolute Gasteiger partial charge is 1.00 e. The molecule has 0 aliphatic heterocycles. The summed E-state index contributed by atoms with van der Waals surface area (Å²) in [5.41, 5.74) is 0. The Morgan fingerprint density at radius 1 is 1.00 bits per heavy atom. The Kier molecular flexibility index (Phi) is 12.4. The summed E-state index contributed by atoms with van der Waals surface area (Å²) < 4.78 is 39.0. The average Bonchev–Trinajstić information content (AvgIpc) is 0.722. The van der Waals surface area contributed by atoms with Gasteiger partial charge in [-0.25, -0.2) is 0 Å². The second-order valence-electron chi connectivity index (χ2n) is 0.495. The zero-order chi connectivity index (χ0) is 4.50. The second kappa shape index (κ2) is 5.52. The van der Waals surface area contributed by atoms with E-state index in [1.807, 2.05) is 0 Å². The van der Waals surface area contributed by atoms with E-state index in [4.69, 9.17) is 0 Å². The molecule has 3 N–H and O–H groups in total. The van der Waals surface area contributed by atoms with Crippen LogP contribution in [0.4, 0.5) is 17.3 Å². The van der Waals surface area contributed by atoms with Crippen LogP contribution in [0.5, 0.6) is 0 Å². The van der Waals surface area contributed by atoms with Crippen LogP contribution in [0, 0.1) is 0 Å². The van der Waals surface area contributed by atoms with Gasteiger partial charge in [-0.05, 0) is 0 Å². The van der Waals surface area contributed by atoms with Crippen LogP contribution in [0.1, 0.15) is 1.43 Å². The molecule has 0 atom stereocenters. The van der Waals surface area contributed by atoms with Crippen LogP contribution in [-0.2, 0) is 0 Å². The van der Waals surface area contributed by atoms with Crippen molar-refractivity contribution in [2.45, 2.75) is 0 Å². The van der Waals surface area contributed by atoms with Crippen molar-refractivity contribution in [1.29, 1.82) is 0 Å². The van der Waals surface area contributed by atoms with Crippen molar-refractivity contribution < 1.29 is 70.1 Å². The van der Waals surface area contributed by atoms with Crippen LogP contribution < -0.4 is 57.5 Å². The topological polar surface area (TPSA) is 35.0 Å². The molecule has 42 valence electrons. The fraction of sp³-hybridized carbons (Fsp3) is 0. The van der Waals surface area contributed by atoms with Gasteiger partial charge in [0.05, 0.1) is 0 Å². The SMILES string of the molecule is F[B-](F)(F)F.N.[H-].[K+]. The standard InChI is InChI=1S/BF4.K.H3N.H/c2-1(3,4)5;;;/h;;1H3;/q-1;+1;;-1. The van der Waals surface area contributed by atoms with E-state index in [2.05, 4.69) is 0 Å². The van der Waals surface area contributed by atoms with Gasteiger partial charge < -0.3 is 24.8 Å². The Hall–Kier alpha value is 1.38. The smallest absolute Gasteiger partial charge is 1.00 e. The molecule has 0 amide bonds. The van der Waals surface area contributed by atoms with Gasteiger partial charge in [-0.2, -0.15) is 0 Å². The van der Waals surface area contributed by atoms with Crippen LogP contribution in [0.15, 0.2) is 0 Å². The van der Waals surface area contributed by atoms with Crippen LogP contribution in [0.3, 0.4) is 0 Å². The average molecular weight is 144 g/mol. The number of hydrogen-bond donors (Lipinski definition) is 1. The van der Waals surface area contributed by atoms with Crippen molar-refractivity contribution in [3.63, 3.8) is 0 Å². The van der Waals surface area contributed by atoms with Gasteiger partial charge in [0.15, 0.2) is 0 Å². The molecule has 0 aromatic heterocycles. The third-order valence-corrected chi connectivity index (χ3v) is 0. The van der Waals surface area contributed by atoms with E-state index in [0.717, 1.165) is 0 Å². The van der Waals surface area contributed by atoms with Crippen molar-refractivity contribution in [2.24, 2.45) is 0 Å². The molecule has 0 saturated carbocycles. The van der Waals surface area contributed by atoms with Gasteiger partial charge in [0.25, 0.3) is 0 Å². The van der Waals surface area contributed by atoms with E-state index in [0.29, 0.717) is 0 Å². The van der Waals surface area contributed by atoms with Crippen LogP contribution >= 0.6 is 0 Å². The molecule has 0 saturated heterocycles. The molecule has 7 heteroatoms. The Bertz CT molecular complexity index is 31.5. The minimum absolute atomic E-state index is 0. The summed E-state index contributed by atoms with van der Waals surface area (Å²) in [6.45, 7) is 0. The van der Waals surface area contributed by atoms with Gasteiger partial charge in [0, 0.05) is 0 Å². The van der Waals surface area contributed by atoms with Gasteiger partial charge in [0.1, 0.15) is 0 Å². The molecule has 0 aliphatic carbocycles.